The number of hydrogen-bond acceptors (Lipinski definition) is 3. The van der Waals surface area contributed by atoms with Gasteiger partial charge < -0.3 is 10.2 Å². The predicted molar refractivity (Wildman–Crippen MR) is 90.2 cm³/mol. The maximum atomic E-state index is 12.1. The molecule has 1 unspecified atom stereocenters. The molecular weight excluding hydrogens is 274 g/mol. The third-order valence-corrected chi connectivity index (χ3v) is 4.20. The van der Waals surface area contributed by atoms with E-state index in [-0.39, 0.29) is 11.8 Å². The summed E-state index contributed by atoms with van der Waals surface area (Å²) in [6.07, 6.45) is 3.16. The number of hydrogen-bond donors (Lipinski definition) is 1. The lowest BCUT2D eigenvalue weighted by molar-refractivity contribution is -0.120. The summed E-state index contributed by atoms with van der Waals surface area (Å²) in [4.78, 5) is 18.7. The van der Waals surface area contributed by atoms with Gasteiger partial charge >= 0.3 is 0 Å². The molecule has 1 amide bonds. The molecule has 1 N–H and O–H groups in total. The number of carbonyl (C=O) groups is 1. The molecule has 1 atom stereocenters. The molecule has 0 saturated carbocycles. The van der Waals surface area contributed by atoms with E-state index in [4.69, 9.17) is 0 Å². The van der Waals surface area contributed by atoms with Gasteiger partial charge in [0, 0.05) is 6.54 Å². The van der Waals surface area contributed by atoms with E-state index in [1.165, 1.54) is 5.56 Å². The minimum atomic E-state index is -0.136. The van der Waals surface area contributed by atoms with E-state index in [2.05, 4.69) is 48.1 Å². The monoisotopic (exact) mass is 301 g/mol. The summed E-state index contributed by atoms with van der Waals surface area (Å²) in [6.45, 7) is 11.4. The molecule has 22 heavy (non-hydrogen) atoms. The number of amides is 1. The highest BCUT2D eigenvalue weighted by Gasteiger charge is 2.17. The molecule has 0 aromatic heterocycles. The molecule has 1 aromatic carbocycles. The molecule has 1 aliphatic rings. The van der Waals surface area contributed by atoms with Crippen molar-refractivity contribution >= 4 is 12.0 Å². The van der Waals surface area contributed by atoms with Gasteiger partial charge in [-0.05, 0) is 50.8 Å². The number of nitrogens with one attached hydrogen (secondary N) is 1. The number of rotatable bonds is 8. The second kappa shape index (κ2) is 8.20. The molecule has 0 aliphatic carbocycles. The van der Waals surface area contributed by atoms with E-state index in [1.807, 2.05) is 12.1 Å². The minimum Gasteiger partial charge on any atom is -0.316 e. The molecule has 1 aromatic rings. The van der Waals surface area contributed by atoms with Crippen LogP contribution in [0.5, 0.6) is 0 Å². The van der Waals surface area contributed by atoms with Gasteiger partial charge in [0.15, 0.2) is 0 Å². The largest absolute Gasteiger partial charge is 0.316 e. The molecular formula is C18H27N3O. The number of nitrogens with zero attached hydrogens (tertiary/aromatic N) is 2. The Bertz CT molecular complexity index is 620. The second-order valence-corrected chi connectivity index (χ2v) is 5.87. The number of carbonyl (C=O) groups excluding carboxylic acids is 1. The van der Waals surface area contributed by atoms with Crippen molar-refractivity contribution in [1.82, 2.24) is 10.2 Å². The molecule has 2 rings (SSSR count). The standard InChI is InChI=1S/C18H27N3O/c1-4-21(5-2)10-6-9-19-13-16-12-15-11-14(3)7-8-17(15)20-18(16)22/h7-8,11-12,16,19H,4-6,9-10,13H2,1-3H3. The average molecular weight is 301 g/mol. The van der Waals surface area contributed by atoms with Crippen LogP contribution < -0.4 is 15.9 Å². The van der Waals surface area contributed by atoms with Crippen LogP contribution in [0.4, 0.5) is 0 Å². The Kier molecular flexibility index (Phi) is 6.28. The second-order valence-electron chi connectivity index (χ2n) is 5.87. The normalized spacial score (nSPS) is 17.1. The molecule has 120 valence electrons. The maximum Gasteiger partial charge on any atom is 0.254 e. The van der Waals surface area contributed by atoms with Crippen LogP contribution in [0.1, 0.15) is 25.8 Å². The summed E-state index contributed by atoms with van der Waals surface area (Å²) in [7, 11) is 0. The molecule has 0 fully saturated rings. The first-order valence-corrected chi connectivity index (χ1v) is 8.28. The van der Waals surface area contributed by atoms with Gasteiger partial charge in [-0.2, -0.15) is 0 Å². The average Bonchev–Trinajstić information content (AvgIpc) is 2.51. The number of fused-ring (bicyclic) bond motifs is 1. The highest BCUT2D eigenvalue weighted by molar-refractivity contribution is 5.86. The molecule has 0 spiro atoms. The smallest absolute Gasteiger partial charge is 0.254 e. The van der Waals surface area contributed by atoms with Gasteiger partial charge in [-0.15, -0.1) is 0 Å². The van der Waals surface area contributed by atoms with Gasteiger partial charge in [0.2, 0.25) is 0 Å². The highest BCUT2D eigenvalue weighted by Crippen LogP contribution is 2.03. The van der Waals surface area contributed by atoms with Crippen molar-refractivity contribution in [2.45, 2.75) is 27.2 Å². The lowest BCUT2D eigenvalue weighted by Crippen LogP contribution is -2.38. The molecule has 1 aliphatic heterocycles. The van der Waals surface area contributed by atoms with Crippen LogP contribution in [0.3, 0.4) is 0 Å². The van der Waals surface area contributed by atoms with E-state index in [1.54, 1.807) is 0 Å². The van der Waals surface area contributed by atoms with E-state index in [0.717, 1.165) is 43.2 Å². The van der Waals surface area contributed by atoms with Crippen molar-refractivity contribution in [3.8, 4) is 0 Å². The van der Waals surface area contributed by atoms with Crippen LogP contribution in [-0.4, -0.2) is 43.5 Å². The minimum absolute atomic E-state index is 0.0346. The maximum absolute atomic E-state index is 12.1. The fourth-order valence-corrected chi connectivity index (χ4v) is 2.77. The number of benzene rings is 1. The number of aryl methyl sites for hydroxylation is 1. The van der Waals surface area contributed by atoms with Crippen molar-refractivity contribution in [2.75, 3.05) is 32.7 Å². The summed E-state index contributed by atoms with van der Waals surface area (Å²) in [5.41, 5.74) is 1.20. The van der Waals surface area contributed by atoms with Crippen LogP contribution in [0.15, 0.2) is 23.2 Å². The molecule has 0 bridgehead atoms. The van der Waals surface area contributed by atoms with Crippen molar-refractivity contribution in [2.24, 2.45) is 10.9 Å². The van der Waals surface area contributed by atoms with Gasteiger partial charge in [-0.1, -0.05) is 37.6 Å². The van der Waals surface area contributed by atoms with Crippen LogP contribution >= 0.6 is 0 Å². The molecule has 4 heteroatoms. The lowest BCUT2D eigenvalue weighted by Gasteiger charge is -2.18. The molecule has 0 saturated heterocycles. The summed E-state index contributed by atoms with van der Waals surface area (Å²) in [5, 5.41) is 5.27. The Labute approximate surface area is 132 Å². The fourth-order valence-electron chi connectivity index (χ4n) is 2.77. The SMILES string of the molecule is CCN(CC)CCCNCC1C=c2cc(C)ccc2=NC1=O. The lowest BCUT2D eigenvalue weighted by atomic mass is 10.0. The zero-order valence-electron chi connectivity index (χ0n) is 13.9. The first kappa shape index (κ1) is 16.8. The molecule has 1 heterocycles. The van der Waals surface area contributed by atoms with E-state index in [0.29, 0.717) is 6.54 Å². The van der Waals surface area contributed by atoms with Gasteiger partial charge in [-0.3, -0.25) is 4.79 Å². The van der Waals surface area contributed by atoms with Gasteiger partial charge in [0.25, 0.3) is 5.91 Å². The van der Waals surface area contributed by atoms with Crippen molar-refractivity contribution in [1.29, 1.82) is 0 Å². The van der Waals surface area contributed by atoms with Gasteiger partial charge in [0.1, 0.15) is 0 Å². The quantitative estimate of drug-likeness (QED) is 0.725. The van der Waals surface area contributed by atoms with Crippen molar-refractivity contribution < 1.29 is 4.79 Å². The van der Waals surface area contributed by atoms with Crippen LogP contribution in [0, 0.1) is 12.8 Å². The predicted octanol–water partition coefficient (Wildman–Crippen LogP) is 0.873. The Morgan fingerprint density at radius 3 is 2.77 bits per heavy atom. The molecule has 0 radical (unpaired) electrons. The highest BCUT2D eigenvalue weighted by atomic mass is 16.1. The Hall–Kier alpha value is -1.52. The summed E-state index contributed by atoms with van der Waals surface area (Å²) < 4.78 is 0. The third-order valence-electron chi connectivity index (χ3n) is 4.20. The molecule has 4 nitrogen and oxygen atoms in total. The summed E-state index contributed by atoms with van der Waals surface area (Å²) in [6, 6.07) is 6.01. The Morgan fingerprint density at radius 2 is 2.05 bits per heavy atom. The van der Waals surface area contributed by atoms with Crippen molar-refractivity contribution in [3.63, 3.8) is 0 Å². The van der Waals surface area contributed by atoms with Crippen LogP contribution in [0.25, 0.3) is 6.08 Å². The topological polar surface area (TPSA) is 44.7 Å². The van der Waals surface area contributed by atoms with Crippen LogP contribution in [0.2, 0.25) is 0 Å². The van der Waals surface area contributed by atoms with Crippen LogP contribution in [-0.2, 0) is 4.79 Å². The van der Waals surface area contributed by atoms with Gasteiger partial charge in [0.05, 0.1) is 11.3 Å². The fraction of sp³-hybridized carbons (Fsp3) is 0.556. The third kappa shape index (κ3) is 4.49. The van der Waals surface area contributed by atoms with Gasteiger partial charge in [-0.25, -0.2) is 4.99 Å². The zero-order valence-corrected chi connectivity index (χ0v) is 13.9. The zero-order chi connectivity index (χ0) is 15.9. The Balaban J connectivity index is 1.85. The van der Waals surface area contributed by atoms with E-state index >= 15 is 0 Å². The Morgan fingerprint density at radius 1 is 1.27 bits per heavy atom. The summed E-state index contributed by atoms with van der Waals surface area (Å²) in [5.74, 6) is -0.171. The van der Waals surface area contributed by atoms with Crippen molar-refractivity contribution in [3.05, 3.63) is 34.3 Å². The first-order chi connectivity index (χ1) is 10.6. The van der Waals surface area contributed by atoms with E-state index < -0.39 is 0 Å². The first-order valence-electron chi connectivity index (χ1n) is 8.28. The summed E-state index contributed by atoms with van der Waals surface area (Å²) >= 11 is 0. The van der Waals surface area contributed by atoms with E-state index in [9.17, 15) is 4.79 Å².